The van der Waals surface area contributed by atoms with E-state index < -0.39 is 23.0 Å². The standard InChI is InChI=1S/C34H37N3O5/c1-23-18-37(21-33(23,2)31(39)40)30(38)34(16-17-36(22-34)19-24-10-4-3-5-11-24)35-32(41)42-20-29-27-14-8-6-12-25(27)26-13-7-9-15-28(26)29/h3-15,23,29H,16-22H2,1-2H3,(H,35,41)(H,39,40)/t23-,33-,34?/m1/s1. The van der Waals surface area contributed by atoms with Crippen LogP contribution in [0.4, 0.5) is 4.79 Å². The first-order valence-corrected chi connectivity index (χ1v) is 14.6. The Morgan fingerprint density at radius 2 is 1.55 bits per heavy atom. The highest BCUT2D eigenvalue weighted by atomic mass is 16.5. The summed E-state index contributed by atoms with van der Waals surface area (Å²) in [5, 5.41) is 12.9. The number of carbonyl (C=O) groups is 3. The van der Waals surface area contributed by atoms with E-state index in [0.717, 1.165) is 27.8 Å². The van der Waals surface area contributed by atoms with Crippen LogP contribution in [0.15, 0.2) is 78.9 Å². The molecule has 0 radical (unpaired) electrons. The van der Waals surface area contributed by atoms with Crippen LogP contribution in [0.1, 0.15) is 42.9 Å². The Morgan fingerprint density at radius 3 is 2.17 bits per heavy atom. The molecule has 8 nitrogen and oxygen atoms in total. The number of aliphatic carboxylic acids is 1. The molecule has 0 aromatic heterocycles. The van der Waals surface area contributed by atoms with Crippen molar-refractivity contribution in [2.45, 2.75) is 38.3 Å². The van der Waals surface area contributed by atoms with Gasteiger partial charge in [-0.25, -0.2) is 4.79 Å². The molecule has 2 heterocycles. The van der Waals surface area contributed by atoms with Crippen LogP contribution in [0.3, 0.4) is 0 Å². The van der Waals surface area contributed by atoms with Gasteiger partial charge in [0.1, 0.15) is 12.1 Å². The summed E-state index contributed by atoms with van der Waals surface area (Å²) in [7, 11) is 0. The van der Waals surface area contributed by atoms with Gasteiger partial charge < -0.3 is 20.1 Å². The zero-order chi connectivity index (χ0) is 29.5. The van der Waals surface area contributed by atoms with E-state index in [1.54, 1.807) is 11.8 Å². The van der Waals surface area contributed by atoms with E-state index >= 15 is 0 Å². The van der Waals surface area contributed by atoms with E-state index in [4.69, 9.17) is 4.74 Å². The first-order valence-electron chi connectivity index (χ1n) is 14.6. The fourth-order valence-corrected chi connectivity index (χ4v) is 6.91. The molecule has 0 spiro atoms. The average Bonchev–Trinajstić information content (AvgIpc) is 3.64. The predicted octanol–water partition coefficient (Wildman–Crippen LogP) is 4.74. The van der Waals surface area contributed by atoms with Gasteiger partial charge in [0.15, 0.2) is 0 Å². The number of benzene rings is 3. The molecule has 1 unspecified atom stereocenters. The van der Waals surface area contributed by atoms with Crippen LogP contribution in [-0.2, 0) is 20.9 Å². The van der Waals surface area contributed by atoms with Crippen molar-refractivity contribution in [3.63, 3.8) is 0 Å². The molecule has 2 amide bonds. The van der Waals surface area contributed by atoms with Crippen molar-refractivity contribution in [1.82, 2.24) is 15.1 Å². The van der Waals surface area contributed by atoms with Gasteiger partial charge >= 0.3 is 12.1 Å². The molecule has 3 atom stereocenters. The van der Waals surface area contributed by atoms with E-state index in [0.29, 0.717) is 32.6 Å². The van der Waals surface area contributed by atoms with E-state index in [1.807, 2.05) is 61.5 Å². The molecule has 2 fully saturated rings. The molecule has 0 saturated carbocycles. The second-order valence-corrected chi connectivity index (χ2v) is 12.3. The molecule has 6 rings (SSSR count). The number of carboxylic acid groups (broad SMARTS) is 1. The first kappa shape index (κ1) is 28.0. The van der Waals surface area contributed by atoms with Crippen LogP contribution in [0, 0.1) is 11.3 Å². The number of rotatable bonds is 7. The number of carbonyl (C=O) groups excluding carboxylic acids is 2. The maximum atomic E-state index is 14.2. The number of hydrogen-bond donors (Lipinski definition) is 2. The second-order valence-electron chi connectivity index (χ2n) is 12.3. The Balaban J connectivity index is 1.21. The lowest BCUT2D eigenvalue weighted by Gasteiger charge is -2.33. The molecular formula is C34H37N3O5. The SMILES string of the molecule is C[C@@H]1CN(C(=O)C2(NC(=O)OCC3c4ccccc4-c4ccccc43)CCN(Cc3ccccc3)C2)C[C@@]1(C)C(=O)O. The van der Waals surface area contributed by atoms with Gasteiger partial charge in [-0.3, -0.25) is 14.5 Å². The van der Waals surface area contributed by atoms with Crippen LogP contribution >= 0.6 is 0 Å². The molecule has 3 aromatic carbocycles. The zero-order valence-electron chi connectivity index (χ0n) is 24.1. The summed E-state index contributed by atoms with van der Waals surface area (Å²) < 4.78 is 5.86. The minimum absolute atomic E-state index is 0.0938. The summed E-state index contributed by atoms with van der Waals surface area (Å²) >= 11 is 0. The molecule has 2 saturated heterocycles. The number of likely N-dealkylation sites (tertiary alicyclic amines) is 2. The molecule has 0 bridgehead atoms. The van der Waals surface area contributed by atoms with E-state index in [2.05, 4.69) is 34.5 Å². The summed E-state index contributed by atoms with van der Waals surface area (Å²) in [6, 6.07) is 26.3. The Hall–Kier alpha value is -4.17. The Morgan fingerprint density at radius 1 is 0.929 bits per heavy atom. The van der Waals surface area contributed by atoms with Gasteiger partial charge in [-0.05, 0) is 47.1 Å². The highest BCUT2D eigenvalue weighted by Crippen LogP contribution is 2.44. The molecular weight excluding hydrogens is 530 g/mol. The molecule has 42 heavy (non-hydrogen) atoms. The zero-order valence-corrected chi connectivity index (χ0v) is 24.1. The fraction of sp³-hybridized carbons (Fsp3) is 0.382. The minimum atomic E-state index is -1.21. The minimum Gasteiger partial charge on any atom is -0.481 e. The van der Waals surface area contributed by atoms with Crippen molar-refractivity contribution in [2.24, 2.45) is 11.3 Å². The van der Waals surface area contributed by atoms with Crippen LogP contribution in [0.5, 0.6) is 0 Å². The molecule has 1 aliphatic carbocycles. The summed E-state index contributed by atoms with van der Waals surface area (Å²) in [6.07, 6.45) is -0.225. The van der Waals surface area contributed by atoms with E-state index in [1.165, 1.54) is 0 Å². The second kappa shape index (κ2) is 10.9. The molecule has 3 aromatic rings. The van der Waals surface area contributed by atoms with Crippen molar-refractivity contribution in [3.05, 3.63) is 95.6 Å². The highest BCUT2D eigenvalue weighted by Gasteiger charge is 2.54. The predicted molar refractivity (Wildman–Crippen MR) is 159 cm³/mol. The molecule has 2 aliphatic heterocycles. The number of hydrogen-bond acceptors (Lipinski definition) is 5. The normalized spacial score (nSPS) is 25.2. The van der Waals surface area contributed by atoms with Gasteiger partial charge in [0, 0.05) is 38.6 Å². The number of nitrogens with zero attached hydrogens (tertiary/aromatic N) is 2. The quantitative estimate of drug-likeness (QED) is 0.428. The van der Waals surface area contributed by atoms with Gasteiger partial charge in [0.2, 0.25) is 5.91 Å². The molecule has 218 valence electrons. The summed E-state index contributed by atoms with van der Waals surface area (Å²) in [4.78, 5) is 43.5. The van der Waals surface area contributed by atoms with Crippen molar-refractivity contribution in [1.29, 1.82) is 0 Å². The molecule has 8 heteroatoms. The summed E-state index contributed by atoms with van der Waals surface area (Å²) in [6.45, 7) is 5.72. The molecule has 3 aliphatic rings. The van der Waals surface area contributed by atoms with Crippen LogP contribution in [0.2, 0.25) is 0 Å². The van der Waals surface area contributed by atoms with E-state index in [9.17, 15) is 19.5 Å². The third-order valence-corrected chi connectivity index (χ3v) is 9.57. The number of carboxylic acids is 1. The molecule has 2 N–H and O–H groups in total. The van der Waals surface area contributed by atoms with Crippen LogP contribution in [0.25, 0.3) is 11.1 Å². The lowest BCUT2D eigenvalue weighted by molar-refractivity contribution is -0.149. The lowest BCUT2D eigenvalue weighted by atomic mass is 9.81. The Bertz CT molecular complexity index is 1460. The van der Waals surface area contributed by atoms with Crippen LogP contribution < -0.4 is 5.32 Å². The maximum absolute atomic E-state index is 14.2. The highest BCUT2D eigenvalue weighted by molar-refractivity contribution is 5.92. The number of alkyl carbamates (subject to hydrolysis) is 1. The number of amides is 2. The van der Waals surface area contributed by atoms with Gasteiger partial charge in [-0.2, -0.15) is 0 Å². The third kappa shape index (κ3) is 4.94. The summed E-state index contributed by atoms with van der Waals surface area (Å²) in [5.41, 5.74) is 3.40. The topological polar surface area (TPSA) is 99.2 Å². The third-order valence-electron chi connectivity index (χ3n) is 9.57. The van der Waals surface area contributed by atoms with Crippen molar-refractivity contribution in [2.75, 3.05) is 32.8 Å². The largest absolute Gasteiger partial charge is 0.481 e. The number of nitrogens with one attached hydrogen (secondary N) is 1. The van der Waals surface area contributed by atoms with Gasteiger partial charge in [0.05, 0.1) is 5.41 Å². The number of ether oxygens (including phenoxy) is 1. The van der Waals surface area contributed by atoms with Gasteiger partial charge in [-0.1, -0.05) is 85.8 Å². The Kier molecular flexibility index (Phi) is 7.27. The van der Waals surface area contributed by atoms with Crippen LogP contribution in [-0.4, -0.2) is 71.2 Å². The van der Waals surface area contributed by atoms with Crippen molar-refractivity contribution >= 4 is 18.0 Å². The maximum Gasteiger partial charge on any atom is 0.408 e. The smallest absolute Gasteiger partial charge is 0.408 e. The monoisotopic (exact) mass is 567 g/mol. The average molecular weight is 568 g/mol. The van der Waals surface area contributed by atoms with Crippen molar-refractivity contribution in [3.8, 4) is 11.1 Å². The fourth-order valence-electron chi connectivity index (χ4n) is 6.91. The lowest BCUT2D eigenvalue weighted by Crippen LogP contribution is -2.61. The Labute approximate surface area is 246 Å². The van der Waals surface area contributed by atoms with Gasteiger partial charge in [-0.15, -0.1) is 0 Å². The van der Waals surface area contributed by atoms with Gasteiger partial charge in [0.25, 0.3) is 0 Å². The summed E-state index contributed by atoms with van der Waals surface area (Å²) in [5.74, 6) is -1.47. The first-order chi connectivity index (χ1) is 20.2. The van der Waals surface area contributed by atoms with Crippen molar-refractivity contribution < 1.29 is 24.2 Å². The number of fused-ring (bicyclic) bond motifs is 3. The van der Waals surface area contributed by atoms with E-state index in [-0.39, 0.29) is 30.9 Å².